The van der Waals surface area contributed by atoms with Gasteiger partial charge in [0.25, 0.3) is 0 Å². The molecule has 5 heteroatoms. The maximum absolute atomic E-state index is 12.6. The lowest BCUT2D eigenvalue weighted by Gasteiger charge is -2.45. The smallest absolute Gasteiger partial charge is 0.227 e. The third kappa shape index (κ3) is 3.79. The van der Waals surface area contributed by atoms with Crippen molar-refractivity contribution in [1.82, 2.24) is 4.98 Å². The fourth-order valence-corrected chi connectivity index (χ4v) is 4.07. The first-order valence-electron chi connectivity index (χ1n) is 7.88. The molecule has 1 saturated heterocycles. The van der Waals surface area contributed by atoms with Gasteiger partial charge in [-0.2, -0.15) is 0 Å². The minimum absolute atomic E-state index is 0.0153. The maximum atomic E-state index is 12.6. The van der Waals surface area contributed by atoms with Crippen LogP contribution in [0.2, 0.25) is 0 Å². The van der Waals surface area contributed by atoms with E-state index in [0.717, 1.165) is 12.8 Å². The van der Waals surface area contributed by atoms with E-state index < -0.39 is 0 Å². The van der Waals surface area contributed by atoms with Gasteiger partial charge in [0.05, 0.1) is 5.60 Å². The predicted molar refractivity (Wildman–Crippen MR) is 92.7 cm³/mol. The number of thiazole rings is 1. The van der Waals surface area contributed by atoms with Gasteiger partial charge >= 0.3 is 0 Å². The van der Waals surface area contributed by atoms with E-state index in [9.17, 15) is 4.79 Å². The lowest BCUT2D eigenvalue weighted by molar-refractivity contribution is -0.122. The monoisotopic (exact) mass is 330 g/mol. The van der Waals surface area contributed by atoms with Gasteiger partial charge in [-0.25, -0.2) is 4.98 Å². The molecule has 0 bridgehead atoms. The largest absolute Gasteiger partial charge is 0.376 e. The molecule has 2 aromatic rings. The first-order valence-corrected chi connectivity index (χ1v) is 8.76. The number of ether oxygens (including phenoxy) is 1. The van der Waals surface area contributed by atoms with Crippen LogP contribution in [0, 0.1) is 0 Å². The van der Waals surface area contributed by atoms with Crippen LogP contribution in [0.1, 0.15) is 38.7 Å². The van der Waals surface area contributed by atoms with E-state index >= 15 is 0 Å². The average Bonchev–Trinajstić information content (AvgIpc) is 3.00. The third-order valence-corrected chi connectivity index (χ3v) is 5.09. The predicted octanol–water partition coefficient (Wildman–Crippen LogP) is 4.00. The van der Waals surface area contributed by atoms with Gasteiger partial charge in [0.15, 0.2) is 5.13 Å². The van der Waals surface area contributed by atoms with Crippen molar-refractivity contribution < 1.29 is 9.53 Å². The Morgan fingerprint density at radius 3 is 2.78 bits per heavy atom. The molecule has 0 radical (unpaired) electrons. The summed E-state index contributed by atoms with van der Waals surface area (Å²) >= 11 is 1.44. The average molecular weight is 330 g/mol. The number of carbonyl (C=O) groups excluding carboxylic acids is 1. The minimum Gasteiger partial charge on any atom is -0.376 e. The van der Waals surface area contributed by atoms with Crippen LogP contribution in [0.15, 0.2) is 41.9 Å². The number of amides is 1. The summed E-state index contributed by atoms with van der Waals surface area (Å²) in [5.41, 5.74) is 0.797. The highest BCUT2D eigenvalue weighted by Crippen LogP contribution is 2.44. The summed E-state index contributed by atoms with van der Waals surface area (Å²) in [7, 11) is 0. The fourth-order valence-electron chi connectivity index (χ4n) is 3.52. The quantitative estimate of drug-likeness (QED) is 0.922. The molecule has 0 aliphatic carbocycles. The van der Waals surface area contributed by atoms with Gasteiger partial charge in [0, 0.05) is 30.0 Å². The van der Waals surface area contributed by atoms with Crippen molar-refractivity contribution in [2.75, 3.05) is 11.9 Å². The van der Waals surface area contributed by atoms with Crippen LogP contribution in [0.25, 0.3) is 0 Å². The summed E-state index contributed by atoms with van der Waals surface area (Å²) in [5, 5.41) is 5.44. The number of aromatic nitrogens is 1. The molecule has 1 aromatic heterocycles. The van der Waals surface area contributed by atoms with Crippen molar-refractivity contribution in [2.24, 2.45) is 0 Å². The number of benzene rings is 1. The molecular formula is C18H22N2O2S. The lowest BCUT2D eigenvalue weighted by Crippen LogP contribution is -2.45. The number of hydrogen-bond acceptors (Lipinski definition) is 4. The molecule has 4 nitrogen and oxygen atoms in total. The highest BCUT2D eigenvalue weighted by molar-refractivity contribution is 7.13. The number of rotatable bonds is 4. The summed E-state index contributed by atoms with van der Waals surface area (Å²) in [6.07, 6.45) is 3.83. The number of nitrogens with zero attached hydrogens (tertiary/aromatic N) is 1. The number of hydrogen-bond donors (Lipinski definition) is 1. The Morgan fingerprint density at radius 1 is 1.35 bits per heavy atom. The number of carbonyl (C=O) groups is 1. The van der Waals surface area contributed by atoms with Crippen LogP contribution in [0.5, 0.6) is 0 Å². The second-order valence-corrected chi connectivity index (χ2v) is 7.64. The molecule has 0 saturated carbocycles. The number of nitrogens with one attached hydrogen (secondary N) is 1. The van der Waals surface area contributed by atoms with E-state index in [1.807, 2.05) is 23.6 Å². The van der Waals surface area contributed by atoms with Gasteiger partial charge in [-0.15, -0.1) is 11.3 Å². The summed E-state index contributed by atoms with van der Waals surface area (Å²) in [5.74, 6) is 0.0153. The van der Waals surface area contributed by atoms with Crippen molar-refractivity contribution >= 4 is 22.4 Å². The molecule has 2 heterocycles. The molecule has 1 aliphatic rings. The van der Waals surface area contributed by atoms with Crippen LogP contribution < -0.4 is 5.32 Å². The van der Waals surface area contributed by atoms with Crippen LogP contribution in [0.4, 0.5) is 5.13 Å². The SMILES string of the molecule is CC1(C)C[C@@](CC(=O)Nc2nccs2)(c2ccccc2)CCO1. The maximum Gasteiger partial charge on any atom is 0.227 e. The van der Waals surface area contributed by atoms with E-state index in [4.69, 9.17) is 4.74 Å². The standard InChI is InChI=1S/C18H22N2O2S/c1-17(2)13-18(8-10-22-17,14-6-4-3-5-7-14)12-15(21)20-16-19-9-11-23-16/h3-7,9,11H,8,10,12-13H2,1-2H3,(H,19,20,21)/t18-/m1/s1. The lowest BCUT2D eigenvalue weighted by atomic mass is 9.67. The van der Waals surface area contributed by atoms with Crippen molar-refractivity contribution in [3.05, 3.63) is 47.5 Å². The van der Waals surface area contributed by atoms with Crippen LogP contribution >= 0.6 is 11.3 Å². The summed E-state index contributed by atoms with van der Waals surface area (Å²) in [6.45, 7) is 4.87. The Kier molecular flexibility index (Phi) is 4.50. The third-order valence-electron chi connectivity index (χ3n) is 4.40. The van der Waals surface area contributed by atoms with Gasteiger partial charge < -0.3 is 10.1 Å². The second-order valence-electron chi connectivity index (χ2n) is 6.74. The molecule has 3 rings (SSSR count). The minimum atomic E-state index is -0.227. The highest BCUT2D eigenvalue weighted by Gasteiger charge is 2.43. The molecule has 1 aromatic carbocycles. The molecule has 122 valence electrons. The first-order chi connectivity index (χ1) is 11.0. The molecule has 0 unspecified atom stereocenters. The van der Waals surface area contributed by atoms with E-state index in [0.29, 0.717) is 18.2 Å². The Balaban J connectivity index is 1.85. The Morgan fingerprint density at radius 2 is 2.13 bits per heavy atom. The molecular weight excluding hydrogens is 308 g/mol. The molecule has 1 N–H and O–H groups in total. The van der Waals surface area contributed by atoms with Crippen LogP contribution in [0.3, 0.4) is 0 Å². The van der Waals surface area contributed by atoms with Crippen LogP contribution in [-0.4, -0.2) is 23.1 Å². The normalized spacial score (nSPS) is 23.4. The van der Waals surface area contributed by atoms with E-state index in [-0.39, 0.29) is 16.9 Å². The molecule has 1 aliphatic heterocycles. The fraction of sp³-hybridized carbons (Fsp3) is 0.444. The van der Waals surface area contributed by atoms with Crippen molar-refractivity contribution in [2.45, 2.75) is 44.1 Å². The Bertz CT molecular complexity index is 655. The highest BCUT2D eigenvalue weighted by atomic mass is 32.1. The second kappa shape index (κ2) is 6.42. The molecule has 1 fully saturated rings. The molecule has 1 atom stereocenters. The van der Waals surface area contributed by atoms with Crippen molar-refractivity contribution in [1.29, 1.82) is 0 Å². The van der Waals surface area contributed by atoms with Gasteiger partial charge in [0.1, 0.15) is 0 Å². The Hall–Kier alpha value is -1.72. The van der Waals surface area contributed by atoms with E-state index in [2.05, 4.69) is 36.3 Å². The molecule has 1 amide bonds. The number of anilines is 1. The van der Waals surface area contributed by atoms with Crippen molar-refractivity contribution in [3.8, 4) is 0 Å². The van der Waals surface area contributed by atoms with Crippen molar-refractivity contribution in [3.63, 3.8) is 0 Å². The first kappa shape index (κ1) is 16.1. The topological polar surface area (TPSA) is 51.2 Å². The summed E-state index contributed by atoms with van der Waals surface area (Å²) in [6, 6.07) is 10.3. The zero-order valence-corrected chi connectivity index (χ0v) is 14.4. The van der Waals surface area contributed by atoms with Gasteiger partial charge in [-0.3, -0.25) is 4.79 Å². The summed E-state index contributed by atoms with van der Waals surface area (Å²) in [4.78, 5) is 16.7. The van der Waals surface area contributed by atoms with Crippen LogP contribution in [-0.2, 0) is 14.9 Å². The van der Waals surface area contributed by atoms with E-state index in [1.165, 1.54) is 16.9 Å². The van der Waals surface area contributed by atoms with Gasteiger partial charge in [-0.05, 0) is 32.3 Å². The zero-order chi connectivity index (χ0) is 16.3. The summed E-state index contributed by atoms with van der Waals surface area (Å²) < 4.78 is 5.89. The van der Waals surface area contributed by atoms with Gasteiger partial charge in [0.2, 0.25) is 5.91 Å². The van der Waals surface area contributed by atoms with E-state index in [1.54, 1.807) is 6.20 Å². The Labute approximate surface area is 140 Å². The molecule has 0 spiro atoms. The zero-order valence-electron chi connectivity index (χ0n) is 13.5. The van der Waals surface area contributed by atoms with Gasteiger partial charge in [-0.1, -0.05) is 30.3 Å². The molecule has 23 heavy (non-hydrogen) atoms.